The summed E-state index contributed by atoms with van der Waals surface area (Å²) in [5.74, 6) is 2.97. The highest BCUT2D eigenvalue weighted by Crippen LogP contribution is 2.27. The molecule has 0 aliphatic carbocycles. The second-order valence-electron chi connectivity index (χ2n) is 6.63. The van der Waals surface area contributed by atoms with E-state index in [4.69, 9.17) is 0 Å². The van der Waals surface area contributed by atoms with Crippen molar-refractivity contribution in [1.82, 2.24) is 29.5 Å². The van der Waals surface area contributed by atoms with E-state index in [9.17, 15) is 0 Å². The second-order valence-corrected chi connectivity index (χ2v) is 7.45. The van der Waals surface area contributed by atoms with Crippen LogP contribution in [0.25, 0.3) is 5.78 Å². The topological polar surface area (TPSA) is 72.1 Å². The van der Waals surface area contributed by atoms with E-state index >= 15 is 0 Å². The summed E-state index contributed by atoms with van der Waals surface area (Å²) < 4.78 is 2.63. The number of halogens is 1. The van der Waals surface area contributed by atoms with Crippen molar-refractivity contribution in [3.05, 3.63) is 39.8 Å². The minimum Gasteiger partial charge on any atom is -0.355 e. The Kier molecular flexibility index (Phi) is 4.15. The van der Waals surface area contributed by atoms with E-state index in [0.717, 1.165) is 53.6 Å². The van der Waals surface area contributed by atoms with Gasteiger partial charge in [-0.2, -0.15) is 10.1 Å². The second kappa shape index (κ2) is 6.33. The van der Waals surface area contributed by atoms with Crippen LogP contribution in [0, 0.1) is 26.7 Å². The van der Waals surface area contributed by atoms with Gasteiger partial charge in [0.15, 0.2) is 0 Å². The Hall–Kier alpha value is -2.09. The predicted octanol–water partition coefficient (Wildman–Crippen LogP) is 2.67. The van der Waals surface area contributed by atoms with E-state index in [0.29, 0.717) is 11.7 Å². The first kappa shape index (κ1) is 16.4. The molecule has 0 saturated carbocycles. The molecule has 1 fully saturated rings. The first-order valence-electron chi connectivity index (χ1n) is 8.43. The van der Waals surface area contributed by atoms with Crippen molar-refractivity contribution in [2.75, 3.05) is 18.0 Å². The number of hydrogen-bond donors (Lipinski definition) is 0. The molecule has 1 atom stereocenters. The van der Waals surface area contributed by atoms with Crippen LogP contribution in [-0.2, 0) is 6.42 Å². The summed E-state index contributed by atoms with van der Waals surface area (Å²) >= 11 is 3.34. The molecule has 0 N–H and O–H groups in total. The highest BCUT2D eigenvalue weighted by atomic mass is 79.9. The van der Waals surface area contributed by atoms with Gasteiger partial charge in [-0.05, 0) is 61.0 Å². The van der Waals surface area contributed by atoms with E-state index < -0.39 is 0 Å². The van der Waals surface area contributed by atoms with E-state index in [2.05, 4.69) is 59.7 Å². The molecule has 0 spiro atoms. The van der Waals surface area contributed by atoms with Gasteiger partial charge in [0, 0.05) is 24.5 Å². The molecule has 0 bridgehead atoms. The number of fused-ring (bicyclic) bond motifs is 1. The standard InChI is InChI=1S/C17H20BrN7/c1-10-14(11(2)25-17(21-10)22-12(3)23-25)6-13-4-5-24(9-13)16-8-19-15(18)7-20-16/h7-8,13H,4-6,9H2,1-3H3/t13-/m0/s1. The largest absolute Gasteiger partial charge is 0.355 e. The maximum Gasteiger partial charge on any atom is 0.252 e. The predicted molar refractivity (Wildman–Crippen MR) is 98.7 cm³/mol. The summed E-state index contributed by atoms with van der Waals surface area (Å²) in [6, 6.07) is 0. The number of aromatic nitrogens is 6. The van der Waals surface area contributed by atoms with Gasteiger partial charge < -0.3 is 4.90 Å². The molecule has 0 aromatic carbocycles. The van der Waals surface area contributed by atoms with Crippen LogP contribution in [0.15, 0.2) is 17.0 Å². The van der Waals surface area contributed by atoms with Gasteiger partial charge in [-0.1, -0.05) is 0 Å². The lowest BCUT2D eigenvalue weighted by Gasteiger charge is -2.18. The third kappa shape index (κ3) is 3.10. The molecule has 1 aliphatic rings. The molecular formula is C17H20BrN7. The van der Waals surface area contributed by atoms with Crippen molar-refractivity contribution in [2.24, 2.45) is 5.92 Å². The Balaban J connectivity index is 1.55. The summed E-state index contributed by atoms with van der Waals surface area (Å²) in [5, 5.41) is 4.47. The molecule has 25 heavy (non-hydrogen) atoms. The molecule has 0 radical (unpaired) electrons. The Morgan fingerprint density at radius 3 is 2.76 bits per heavy atom. The average molecular weight is 402 g/mol. The number of anilines is 1. The van der Waals surface area contributed by atoms with Crippen LogP contribution in [0.2, 0.25) is 0 Å². The zero-order valence-electron chi connectivity index (χ0n) is 14.6. The van der Waals surface area contributed by atoms with E-state index in [1.807, 2.05) is 17.6 Å². The van der Waals surface area contributed by atoms with Gasteiger partial charge in [0.25, 0.3) is 5.78 Å². The zero-order valence-corrected chi connectivity index (χ0v) is 16.2. The van der Waals surface area contributed by atoms with Crippen LogP contribution >= 0.6 is 15.9 Å². The van der Waals surface area contributed by atoms with Gasteiger partial charge in [0.2, 0.25) is 0 Å². The minimum absolute atomic E-state index is 0.576. The Bertz CT molecular complexity index is 919. The molecule has 7 nitrogen and oxygen atoms in total. The van der Waals surface area contributed by atoms with Gasteiger partial charge in [-0.15, -0.1) is 0 Å². The smallest absolute Gasteiger partial charge is 0.252 e. The SMILES string of the molecule is Cc1nc2nc(C)c(C[C@@H]3CCN(c4cnc(Br)cn4)C3)c(C)n2n1. The third-order valence-corrected chi connectivity index (χ3v) is 5.27. The highest BCUT2D eigenvalue weighted by Gasteiger charge is 2.26. The van der Waals surface area contributed by atoms with Gasteiger partial charge in [0.1, 0.15) is 16.2 Å². The average Bonchev–Trinajstić information content (AvgIpc) is 3.18. The van der Waals surface area contributed by atoms with Crippen LogP contribution < -0.4 is 4.90 Å². The zero-order chi connectivity index (χ0) is 17.6. The molecule has 4 heterocycles. The van der Waals surface area contributed by atoms with Crippen molar-refractivity contribution in [3.63, 3.8) is 0 Å². The van der Waals surface area contributed by atoms with Crippen molar-refractivity contribution in [3.8, 4) is 0 Å². The van der Waals surface area contributed by atoms with Gasteiger partial charge in [-0.3, -0.25) is 0 Å². The van der Waals surface area contributed by atoms with E-state index in [1.54, 1.807) is 6.20 Å². The molecule has 8 heteroatoms. The summed E-state index contributed by atoms with van der Waals surface area (Å²) in [5.41, 5.74) is 3.48. The number of hydrogen-bond acceptors (Lipinski definition) is 6. The normalized spacial score (nSPS) is 17.6. The molecule has 0 unspecified atom stereocenters. The van der Waals surface area contributed by atoms with Crippen LogP contribution in [-0.4, -0.2) is 42.6 Å². The Labute approximate surface area is 154 Å². The van der Waals surface area contributed by atoms with E-state index in [1.165, 1.54) is 5.56 Å². The summed E-state index contributed by atoms with van der Waals surface area (Å²) in [6.45, 7) is 8.08. The quantitative estimate of drug-likeness (QED) is 0.671. The molecule has 1 saturated heterocycles. The van der Waals surface area contributed by atoms with Crippen molar-refractivity contribution >= 4 is 27.5 Å². The molecule has 0 amide bonds. The number of nitrogens with zero attached hydrogens (tertiary/aromatic N) is 7. The third-order valence-electron chi connectivity index (χ3n) is 4.86. The first-order valence-corrected chi connectivity index (χ1v) is 9.22. The van der Waals surface area contributed by atoms with Crippen LogP contribution in [0.3, 0.4) is 0 Å². The molecule has 4 rings (SSSR count). The molecule has 3 aromatic heterocycles. The fourth-order valence-corrected chi connectivity index (χ4v) is 3.77. The minimum atomic E-state index is 0.576. The van der Waals surface area contributed by atoms with Crippen LogP contribution in [0.4, 0.5) is 5.82 Å². The highest BCUT2D eigenvalue weighted by molar-refractivity contribution is 9.10. The molecule has 3 aromatic rings. The van der Waals surface area contributed by atoms with Crippen molar-refractivity contribution in [1.29, 1.82) is 0 Å². The van der Waals surface area contributed by atoms with Crippen molar-refractivity contribution in [2.45, 2.75) is 33.6 Å². The van der Waals surface area contributed by atoms with Gasteiger partial charge in [-0.25, -0.2) is 19.5 Å². The molecule has 130 valence electrons. The Morgan fingerprint density at radius 2 is 2.00 bits per heavy atom. The van der Waals surface area contributed by atoms with Crippen molar-refractivity contribution < 1.29 is 0 Å². The van der Waals surface area contributed by atoms with E-state index in [-0.39, 0.29) is 0 Å². The van der Waals surface area contributed by atoms with Crippen LogP contribution in [0.5, 0.6) is 0 Å². The lowest BCUT2D eigenvalue weighted by atomic mass is 9.96. The number of aryl methyl sites for hydroxylation is 3. The maximum atomic E-state index is 4.63. The van der Waals surface area contributed by atoms with Crippen LogP contribution in [0.1, 0.15) is 29.2 Å². The van der Waals surface area contributed by atoms with Gasteiger partial charge >= 0.3 is 0 Å². The lowest BCUT2D eigenvalue weighted by Crippen LogP contribution is -2.22. The molecular weight excluding hydrogens is 382 g/mol. The summed E-state index contributed by atoms with van der Waals surface area (Å²) in [7, 11) is 0. The fourth-order valence-electron chi connectivity index (χ4n) is 3.57. The summed E-state index contributed by atoms with van der Waals surface area (Å²) in [6.07, 6.45) is 5.72. The first-order chi connectivity index (χ1) is 12.0. The maximum absolute atomic E-state index is 4.63. The summed E-state index contributed by atoms with van der Waals surface area (Å²) in [4.78, 5) is 20.1. The molecule has 1 aliphatic heterocycles. The van der Waals surface area contributed by atoms with Gasteiger partial charge in [0.05, 0.1) is 12.4 Å². The fraction of sp³-hybridized carbons (Fsp3) is 0.471. The monoisotopic (exact) mass is 401 g/mol. The lowest BCUT2D eigenvalue weighted by molar-refractivity contribution is 0.577. The Morgan fingerprint density at radius 1 is 1.16 bits per heavy atom. The number of rotatable bonds is 3.